The quantitative estimate of drug-likeness (QED) is 0.793. The van der Waals surface area contributed by atoms with Crippen LogP contribution in [0.4, 0.5) is 5.69 Å². The lowest BCUT2D eigenvalue weighted by Crippen LogP contribution is -2.54. The minimum absolute atomic E-state index is 0.0321. The van der Waals surface area contributed by atoms with Gasteiger partial charge in [0.15, 0.2) is 0 Å². The van der Waals surface area contributed by atoms with Crippen LogP contribution in [0.3, 0.4) is 0 Å². The maximum atomic E-state index is 12.6. The summed E-state index contributed by atoms with van der Waals surface area (Å²) >= 11 is 6.02. The Morgan fingerprint density at radius 1 is 1.23 bits per heavy atom. The molecule has 1 aliphatic heterocycles. The van der Waals surface area contributed by atoms with Crippen molar-refractivity contribution in [1.82, 2.24) is 15.1 Å². The Hall–Kier alpha value is -1.63. The van der Waals surface area contributed by atoms with Crippen molar-refractivity contribution in [2.75, 3.05) is 38.0 Å². The number of carbonyl (C=O) groups excluding carboxylic acids is 2. The summed E-state index contributed by atoms with van der Waals surface area (Å²) in [5.41, 5.74) is 1.74. The van der Waals surface area contributed by atoms with Crippen LogP contribution in [0.5, 0.6) is 0 Å². The molecule has 1 aromatic rings. The van der Waals surface area contributed by atoms with Gasteiger partial charge in [-0.15, -0.1) is 0 Å². The molecule has 1 atom stereocenters. The summed E-state index contributed by atoms with van der Waals surface area (Å²) in [5.74, 6) is 0.0819. The third kappa shape index (κ3) is 5.19. The van der Waals surface area contributed by atoms with Crippen LogP contribution >= 0.6 is 11.6 Å². The first kappa shape index (κ1) is 19.1. The maximum absolute atomic E-state index is 12.6. The van der Waals surface area contributed by atoms with Crippen LogP contribution in [0.15, 0.2) is 18.2 Å². The monoisotopic (exact) mass is 378 g/mol. The minimum atomic E-state index is -0.226. The second-order valence-electron chi connectivity index (χ2n) is 7.28. The van der Waals surface area contributed by atoms with E-state index < -0.39 is 0 Å². The van der Waals surface area contributed by atoms with E-state index in [2.05, 4.69) is 20.4 Å². The minimum Gasteiger partial charge on any atom is -0.352 e. The highest BCUT2D eigenvalue weighted by atomic mass is 35.5. The predicted octanol–water partition coefficient (Wildman–Crippen LogP) is 1.87. The Morgan fingerprint density at radius 3 is 2.58 bits per heavy atom. The second-order valence-corrected chi connectivity index (χ2v) is 7.71. The fraction of sp³-hybridized carbons (Fsp3) is 0.579. The zero-order valence-electron chi connectivity index (χ0n) is 15.4. The Balaban J connectivity index is 1.46. The highest BCUT2D eigenvalue weighted by Gasteiger charge is 2.28. The van der Waals surface area contributed by atoms with Gasteiger partial charge in [-0.05, 0) is 44.4 Å². The molecule has 6 nitrogen and oxygen atoms in total. The van der Waals surface area contributed by atoms with Crippen LogP contribution in [0.25, 0.3) is 0 Å². The Kier molecular flexibility index (Phi) is 6.16. The number of hydrogen-bond donors (Lipinski definition) is 2. The molecular formula is C19H27ClN4O2. The molecule has 26 heavy (non-hydrogen) atoms. The van der Waals surface area contributed by atoms with Gasteiger partial charge in [-0.3, -0.25) is 19.4 Å². The summed E-state index contributed by atoms with van der Waals surface area (Å²) in [4.78, 5) is 28.8. The van der Waals surface area contributed by atoms with Crippen molar-refractivity contribution >= 4 is 29.1 Å². The van der Waals surface area contributed by atoms with E-state index in [1.165, 1.54) is 0 Å². The smallest absolute Gasteiger partial charge is 0.241 e. The van der Waals surface area contributed by atoms with Crippen LogP contribution in [0.1, 0.15) is 25.3 Å². The van der Waals surface area contributed by atoms with E-state index in [1.54, 1.807) is 6.07 Å². The number of piperazine rings is 1. The molecule has 2 N–H and O–H groups in total. The summed E-state index contributed by atoms with van der Waals surface area (Å²) in [6, 6.07) is 5.67. The molecule has 2 fully saturated rings. The molecule has 3 rings (SSSR count). The van der Waals surface area contributed by atoms with E-state index in [4.69, 9.17) is 11.6 Å². The molecular weight excluding hydrogens is 352 g/mol. The molecule has 1 heterocycles. The summed E-state index contributed by atoms with van der Waals surface area (Å²) in [5, 5.41) is 6.61. The molecule has 2 aliphatic rings. The highest BCUT2D eigenvalue weighted by Crippen LogP contribution is 2.21. The fourth-order valence-corrected chi connectivity index (χ4v) is 3.32. The van der Waals surface area contributed by atoms with Crippen molar-refractivity contribution in [1.29, 1.82) is 0 Å². The Bertz CT molecular complexity index is 670. The number of benzene rings is 1. The molecule has 0 spiro atoms. The molecule has 0 bridgehead atoms. The van der Waals surface area contributed by atoms with E-state index in [0.29, 0.717) is 17.6 Å². The fourth-order valence-electron chi connectivity index (χ4n) is 3.14. The Morgan fingerprint density at radius 2 is 1.92 bits per heavy atom. The third-order valence-electron chi connectivity index (χ3n) is 5.10. The number of halogens is 1. The van der Waals surface area contributed by atoms with E-state index in [-0.39, 0.29) is 17.9 Å². The van der Waals surface area contributed by atoms with E-state index in [0.717, 1.165) is 50.3 Å². The van der Waals surface area contributed by atoms with Crippen molar-refractivity contribution in [3.63, 3.8) is 0 Å². The summed E-state index contributed by atoms with van der Waals surface area (Å²) < 4.78 is 0. The van der Waals surface area contributed by atoms with Crippen molar-refractivity contribution < 1.29 is 9.59 Å². The number of carbonyl (C=O) groups is 2. The molecule has 1 aromatic carbocycles. The molecule has 2 amide bonds. The largest absolute Gasteiger partial charge is 0.352 e. The van der Waals surface area contributed by atoms with Crippen LogP contribution in [-0.4, -0.2) is 66.4 Å². The van der Waals surface area contributed by atoms with Gasteiger partial charge in [0.1, 0.15) is 0 Å². The first-order valence-electron chi connectivity index (χ1n) is 9.25. The third-order valence-corrected chi connectivity index (χ3v) is 5.34. The van der Waals surface area contributed by atoms with Crippen LogP contribution in [0, 0.1) is 6.92 Å². The van der Waals surface area contributed by atoms with Gasteiger partial charge in [0.2, 0.25) is 11.8 Å². The van der Waals surface area contributed by atoms with Crippen molar-refractivity contribution in [3.8, 4) is 0 Å². The van der Waals surface area contributed by atoms with E-state index >= 15 is 0 Å². The highest BCUT2D eigenvalue weighted by molar-refractivity contribution is 6.31. The lowest BCUT2D eigenvalue weighted by atomic mass is 10.1. The first-order chi connectivity index (χ1) is 12.4. The number of anilines is 1. The van der Waals surface area contributed by atoms with Gasteiger partial charge in [0.05, 0.1) is 12.6 Å². The molecule has 1 aliphatic carbocycles. The SMILES string of the molecule is Cc1ccc(Cl)cc1NC(=O)[C@H](C)N1CCN(CC(=O)NC2CC2)CC1. The lowest BCUT2D eigenvalue weighted by molar-refractivity contribution is -0.124. The summed E-state index contributed by atoms with van der Waals surface area (Å²) in [6.45, 7) is 7.47. The summed E-state index contributed by atoms with van der Waals surface area (Å²) in [6.07, 6.45) is 2.22. The van der Waals surface area contributed by atoms with Crippen molar-refractivity contribution in [2.24, 2.45) is 0 Å². The number of amides is 2. The van der Waals surface area contributed by atoms with E-state index in [9.17, 15) is 9.59 Å². The average Bonchev–Trinajstić information content (AvgIpc) is 3.42. The molecule has 0 unspecified atom stereocenters. The average molecular weight is 379 g/mol. The van der Waals surface area contributed by atoms with Crippen LogP contribution < -0.4 is 10.6 Å². The number of hydrogen-bond acceptors (Lipinski definition) is 4. The van der Waals surface area contributed by atoms with Gasteiger partial charge < -0.3 is 10.6 Å². The topological polar surface area (TPSA) is 64.7 Å². The van der Waals surface area contributed by atoms with E-state index in [1.807, 2.05) is 26.0 Å². The van der Waals surface area contributed by atoms with Crippen molar-refractivity contribution in [2.45, 2.75) is 38.8 Å². The zero-order valence-corrected chi connectivity index (χ0v) is 16.2. The van der Waals surface area contributed by atoms with Crippen molar-refractivity contribution in [3.05, 3.63) is 28.8 Å². The normalized spacial score (nSPS) is 19.8. The molecule has 142 valence electrons. The molecule has 1 saturated carbocycles. The van der Waals surface area contributed by atoms with Gasteiger partial charge in [-0.2, -0.15) is 0 Å². The van der Waals surface area contributed by atoms with Crippen LogP contribution in [-0.2, 0) is 9.59 Å². The number of rotatable bonds is 6. The number of aryl methyl sites for hydroxylation is 1. The number of nitrogens with zero attached hydrogens (tertiary/aromatic N) is 2. The summed E-state index contributed by atoms with van der Waals surface area (Å²) in [7, 11) is 0. The Labute approximate surface area is 159 Å². The zero-order chi connectivity index (χ0) is 18.7. The van der Waals surface area contributed by atoms with Crippen LogP contribution in [0.2, 0.25) is 5.02 Å². The van der Waals surface area contributed by atoms with Gasteiger partial charge in [0.25, 0.3) is 0 Å². The van der Waals surface area contributed by atoms with Gasteiger partial charge >= 0.3 is 0 Å². The maximum Gasteiger partial charge on any atom is 0.241 e. The van der Waals surface area contributed by atoms with Gasteiger partial charge in [-0.1, -0.05) is 17.7 Å². The van der Waals surface area contributed by atoms with Gasteiger partial charge in [0, 0.05) is 42.9 Å². The standard InChI is InChI=1S/C19H27ClN4O2/c1-13-3-4-15(20)11-17(13)22-19(26)14(2)24-9-7-23(8-10-24)12-18(25)21-16-5-6-16/h3-4,11,14,16H,5-10,12H2,1-2H3,(H,21,25)(H,22,26)/t14-/m0/s1. The molecule has 7 heteroatoms. The first-order valence-corrected chi connectivity index (χ1v) is 9.63. The second kappa shape index (κ2) is 8.37. The molecule has 0 aromatic heterocycles. The lowest BCUT2D eigenvalue weighted by Gasteiger charge is -2.37. The molecule has 1 saturated heterocycles. The number of nitrogens with one attached hydrogen (secondary N) is 2. The predicted molar refractivity (Wildman–Crippen MR) is 103 cm³/mol. The molecule has 0 radical (unpaired) electrons. The van der Waals surface area contributed by atoms with Gasteiger partial charge in [-0.25, -0.2) is 0 Å².